The Morgan fingerprint density at radius 3 is 2.57 bits per heavy atom. The number of carboxylic acid groups (broad SMARTS) is 1. The summed E-state index contributed by atoms with van der Waals surface area (Å²) in [6.07, 6.45) is 1.75. The molecule has 6 nitrogen and oxygen atoms in total. The SMILES string of the molecule is O=C(NC(=Cc1ccco1)C(=O)O)OCc1ccccc1. The van der Waals surface area contributed by atoms with Crippen LogP contribution in [0.2, 0.25) is 0 Å². The van der Waals surface area contributed by atoms with Crippen LogP contribution in [0.3, 0.4) is 0 Å². The van der Waals surface area contributed by atoms with E-state index in [1.807, 2.05) is 18.2 Å². The minimum atomic E-state index is -1.29. The Hall–Kier alpha value is -3.02. The summed E-state index contributed by atoms with van der Waals surface area (Å²) in [4.78, 5) is 22.6. The highest BCUT2D eigenvalue weighted by molar-refractivity contribution is 5.95. The second-order valence-electron chi connectivity index (χ2n) is 4.07. The Morgan fingerprint density at radius 2 is 1.95 bits per heavy atom. The molecule has 0 aliphatic rings. The first kappa shape index (κ1) is 14.4. The van der Waals surface area contributed by atoms with Crippen LogP contribution in [0.4, 0.5) is 4.79 Å². The Balaban J connectivity index is 1.94. The highest BCUT2D eigenvalue weighted by Crippen LogP contribution is 2.07. The highest BCUT2D eigenvalue weighted by atomic mass is 16.5. The number of ether oxygens (including phenoxy) is 1. The second-order valence-corrected chi connectivity index (χ2v) is 4.07. The fourth-order valence-corrected chi connectivity index (χ4v) is 1.54. The Morgan fingerprint density at radius 1 is 1.19 bits per heavy atom. The summed E-state index contributed by atoms with van der Waals surface area (Å²) in [6.45, 7) is 0.0559. The first-order valence-corrected chi connectivity index (χ1v) is 6.11. The summed E-state index contributed by atoms with van der Waals surface area (Å²) in [6, 6.07) is 12.2. The van der Waals surface area contributed by atoms with Crippen molar-refractivity contribution in [2.75, 3.05) is 0 Å². The van der Waals surface area contributed by atoms with Crippen molar-refractivity contribution in [1.82, 2.24) is 5.32 Å². The molecule has 0 spiro atoms. The Kier molecular flexibility index (Phi) is 4.76. The molecule has 6 heteroatoms. The number of carbonyl (C=O) groups is 2. The van der Waals surface area contributed by atoms with E-state index in [4.69, 9.17) is 14.3 Å². The molecule has 21 heavy (non-hydrogen) atoms. The van der Waals surface area contributed by atoms with E-state index >= 15 is 0 Å². The number of aliphatic carboxylic acids is 1. The lowest BCUT2D eigenvalue weighted by atomic mass is 10.2. The predicted octanol–water partition coefficient (Wildman–Crippen LogP) is 2.63. The first-order chi connectivity index (χ1) is 10.1. The van der Waals surface area contributed by atoms with Gasteiger partial charge in [-0.05, 0) is 17.7 Å². The van der Waals surface area contributed by atoms with Crippen LogP contribution in [-0.4, -0.2) is 17.2 Å². The molecule has 1 heterocycles. The molecular formula is C15H13NO5. The molecule has 2 rings (SSSR count). The van der Waals surface area contributed by atoms with Crippen molar-refractivity contribution in [3.63, 3.8) is 0 Å². The van der Waals surface area contributed by atoms with Gasteiger partial charge in [-0.15, -0.1) is 0 Å². The smallest absolute Gasteiger partial charge is 0.412 e. The van der Waals surface area contributed by atoms with E-state index < -0.39 is 12.1 Å². The molecule has 0 aliphatic heterocycles. The fraction of sp³-hybridized carbons (Fsp3) is 0.0667. The second kappa shape index (κ2) is 6.95. The van der Waals surface area contributed by atoms with Gasteiger partial charge in [-0.3, -0.25) is 5.32 Å². The van der Waals surface area contributed by atoms with Gasteiger partial charge in [0.05, 0.1) is 6.26 Å². The molecule has 2 aromatic rings. The molecule has 0 bridgehead atoms. The summed E-state index contributed by atoms with van der Waals surface area (Å²) in [5.41, 5.74) is 0.475. The van der Waals surface area contributed by atoms with Crippen molar-refractivity contribution in [1.29, 1.82) is 0 Å². The molecule has 1 amide bonds. The molecular weight excluding hydrogens is 274 g/mol. The molecule has 0 aliphatic carbocycles. The van der Waals surface area contributed by atoms with Gasteiger partial charge in [-0.1, -0.05) is 30.3 Å². The van der Waals surface area contributed by atoms with E-state index in [9.17, 15) is 9.59 Å². The number of hydrogen-bond donors (Lipinski definition) is 2. The van der Waals surface area contributed by atoms with Gasteiger partial charge in [0.25, 0.3) is 0 Å². The number of amides is 1. The normalized spacial score (nSPS) is 11.0. The van der Waals surface area contributed by atoms with Crippen LogP contribution in [0, 0.1) is 0 Å². The molecule has 1 aromatic heterocycles. The van der Waals surface area contributed by atoms with E-state index in [0.717, 1.165) is 5.56 Å². The number of nitrogens with one attached hydrogen (secondary N) is 1. The van der Waals surface area contributed by atoms with Crippen molar-refractivity contribution < 1.29 is 23.8 Å². The number of rotatable bonds is 5. The van der Waals surface area contributed by atoms with Gasteiger partial charge < -0.3 is 14.3 Å². The minimum absolute atomic E-state index is 0.0559. The number of alkyl carbamates (subject to hydrolysis) is 1. The van der Waals surface area contributed by atoms with E-state index in [1.54, 1.807) is 24.3 Å². The molecule has 0 fully saturated rings. The van der Waals surface area contributed by atoms with Gasteiger partial charge in [-0.25, -0.2) is 9.59 Å². The maximum absolute atomic E-state index is 11.6. The van der Waals surface area contributed by atoms with Crippen LogP contribution in [-0.2, 0) is 16.1 Å². The van der Waals surface area contributed by atoms with Gasteiger partial charge in [0, 0.05) is 6.08 Å². The van der Waals surface area contributed by atoms with Crippen LogP contribution in [0.5, 0.6) is 0 Å². The summed E-state index contributed by atoms with van der Waals surface area (Å²) in [5, 5.41) is 11.2. The lowest BCUT2D eigenvalue weighted by Crippen LogP contribution is -2.27. The third-order valence-electron chi connectivity index (χ3n) is 2.51. The topological polar surface area (TPSA) is 88.8 Å². The number of furan rings is 1. The van der Waals surface area contributed by atoms with Gasteiger partial charge in [0.1, 0.15) is 18.1 Å². The van der Waals surface area contributed by atoms with Gasteiger partial charge >= 0.3 is 12.1 Å². The largest absolute Gasteiger partial charge is 0.477 e. The van der Waals surface area contributed by atoms with Gasteiger partial charge in [0.15, 0.2) is 0 Å². The zero-order valence-electron chi connectivity index (χ0n) is 11.0. The van der Waals surface area contributed by atoms with Crippen LogP contribution in [0.1, 0.15) is 11.3 Å². The third kappa shape index (κ3) is 4.54. The van der Waals surface area contributed by atoms with Gasteiger partial charge in [-0.2, -0.15) is 0 Å². The lowest BCUT2D eigenvalue weighted by molar-refractivity contribution is -0.132. The molecule has 0 saturated heterocycles. The summed E-state index contributed by atoms with van der Waals surface area (Å²) in [7, 11) is 0. The van der Waals surface area contributed by atoms with Crippen LogP contribution < -0.4 is 5.32 Å². The van der Waals surface area contributed by atoms with Crippen LogP contribution in [0.25, 0.3) is 6.08 Å². The van der Waals surface area contributed by atoms with Crippen LogP contribution >= 0.6 is 0 Å². The molecule has 0 radical (unpaired) electrons. The molecule has 108 valence electrons. The van der Waals surface area contributed by atoms with E-state index in [2.05, 4.69) is 5.32 Å². The number of carboxylic acids is 1. The summed E-state index contributed by atoms with van der Waals surface area (Å²) >= 11 is 0. The summed E-state index contributed by atoms with van der Waals surface area (Å²) < 4.78 is 9.94. The molecule has 2 N–H and O–H groups in total. The van der Waals surface area contributed by atoms with Crippen LogP contribution in [0.15, 0.2) is 58.8 Å². The minimum Gasteiger partial charge on any atom is -0.477 e. The number of hydrogen-bond acceptors (Lipinski definition) is 4. The quantitative estimate of drug-likeness (QED) is 0.825. The average Bonchev–Trinajstić information content (AvgIpc) is 2.98. The average molecular weight is 287 g/mol. The molecule has 0 saturated carbocycles. The Bertz CT molecular complexity index is 631. The lowest BCUT2D eigenvalue weighted by Gasteiger charge is -2.07. The van der Waals surface area contributed by atoms with Crippen molar-refractivity contribution in [3.05, 3.63) is 65.7 Å². The molecule has 0 atom stereocenters. The zero-order valence-corrected chi connectivity index (χ0v) is 11.0. The van der Waals surface area contributed by atoms with Crippen molar-refractivity contribution >= 4 is 18.1 Å². The first-order valence-electron chi connectivity index (χ1n) is 6.11. The Labute approximate surface area is 120 Å². The molecule has 1 aromatic carbocycles. The number of benzene rings is 1. The maximum Gasteiger partial charge on any atom is 0.412 e. The summed E-state index contributed by atoms with van der Waals surface area (Å²) in [5.74, 6) is -0.973. The molecule has 0 unspecified atom stereocenters. The van der Waals surface area contributed by atoms with Crippen molar-refractivity contribution in [2.45, 2.75) is 6.61 Å². The number of carbonyl (C=O) groups excluding carboxylic acids is 1. The monoisotopic (exact) mass is 287 g/mol. The van der Waals surface area contributed by atoms with E-state index in [-0.39, 0.29) is 12.3 Å². The van der Waals surface area contributed by atoms with E-state index in [1.165, 1.54) is 12.3 Å². The van der Waals surface area contributed by atoms with Gasteiger partial charge in [0.2, 0.25) is 0 Å². The zero-order chi connectivity index (χ0) is 15.1. The fourth-order valence-electron chi connectivity index (χ4n) is 1.54. The third-order valence-corrected chi connectivity index (χ3v) is 2.51. The predicted molar refractivity (Wildman–Crippen MR) is 74.1 cm³/mol. The van der Waals surface area contributed by atoms with E-state index in [0.29, 0.717) is 5.76 Å². The van der Waals surface area contributed by atoms with Crippen molar-refractivity contribution in [3.8, 4) is 0 Å². The highest BCUT2D eigenvalue weighted by Gasteiger charge is 2.13. The maximum atomic E-state index is 11.6. The van der Waals surface area contributed by atoms with Crippen molar-refractivity contribution in [2.24, 2.45) is 0 Å². The standard InChI is InChI=1S/C15H13NO5/c17-14(18)13(9-12-7-4-8-20-12)16-15(19)21-10-11-5-2-1-3-6-11/h1-9H,10H2,(H,16,19)(H,17,18).